The lowest BCUT2D eigenvalue weighted by atomic mass is 10.2. The zero-order valence-electron chi connectivity index (χ0n) is 13.7. The fourth-order valence-corrected chi connectivity index (χ4v) is 4.69. The third-order valence-corrected chi connectivity index (χ3v) is 6.51. The SMILES string of the molecule is Cc1cc(S(=O)(=O)N(Cc2nc(C(=O)O)co2)C2CC2)c(C)cc1Cl. The van der Waals surface area contributed by atoms with Crippen molar-refractivity contribution in [1.82, 2.24) is 9.29 Å². The van der Waals surface area contributed by atoms with Gasteiger partial charge in [0.15, 0.2) is 5.69 Å². The van der Waals surface area contributed by atoms with E-state index in [0.29, 0.717) is 16.1 Å². The topological polar surface area (TPSA) is 101 Å². The molecule has 7 nitrogen and oxygen atoms in total. The average Bonchev–Trinajstić information content (AvgIpc) is 3.25. The lowest BCUT2D eigenvalue weighted by molar-refractivity contribution is 0.0690. The first-order valence-corrected chi connectivity index (χ1v) is 9.48. The van der Waals surface area contributed by atoms with Crippen molar-refractivity contribution in [3.8, 4) is 0 Å². The third kappa shape index (κ3) is 3.56. The van der Waals surface area contributed by atoms with E-state index >= 15 is 0 Å². The van der Waals surface area contributed by atoms with Crippen molar-refractivity contribution < 1.29 is 22.7 Å². The molecule has 1 aliphatic carbocycles. The smallest absolute Gasteiger partial charge is 0.357 e. The van der Waals surface area contributed by atoms with Crippen LogP contribution >= 0.6 is 11.6 Å². The van der Waals surface area contributed by atoms with Crippen molar-refractivity contribution in [3.63, 3.8) is 0 Å². The molecule has 0 saturated heterocycles. The molecule has 0 amide bonds. The highest BCUT2D eigenvalue weighted by molar-refractivity contribution is 7.89. The predicted octanol–water partition coefficient (Wildman–Crippen LogP) is 3.00. The van der Waals surface area contributed by atoms with Gasteiger partial charge in [-0.1, -0.05) is 11.6 Å². The molecular weight excluding hydrogens is 368 g/mol. The van der Waals surface area contributed by atoms with Gasteiger partial charge < -0.3 is 9.52 Å². The van der Waals surface area contributed by atoms with E-state index in [4.69, 9.17) is 21.1 Å². The summed E-state index contributed by atoms with van der Waals surface area (Å²) in [5.41, 5.74) is 0.979. The van der Waals surface area contributed by atoms with Crippen LogP contribution in [0.1, 0.15) is 40.3 Å². The van der Waals surface area contributed by atoms with Crippen LogP contribution in [0.2, 0.25) is 5.02 Å². The highest BCUT2D eigenvalue weighted by atomic mass is 35.5. The molecule has 1 N–H and O–H groups in total. The number of carboxylic acids is 1. The second-order valence-corrected chi connectivity index (χ2v) is 8.35. The lowest BCUT2D eigenvalue weighted by Crippen LogP contribution is -2.33. The second-order valence-electron chi connectivity index (χ2n) is 6.08. The fraction of sp³-hybridized carbons (Fsp3) is 0.375. The van der Waals surface area contributed by atoms with E-state index in [1.165, 1.54) is 4.31 Å². The third-order valence-electron chi connectivity index (χ3n) is 4.06. The fourth-order valence-electron chi connectivity index (χ4n) is 2.55. The summed E-state index contributed by atoms with van der Waals surface area (Å²) >= 11 is 6.06. The van der Waals surface area contributed by atoms with Crippen LogP contribution in [0.25, 0.3) is 0 Å². The van der Waals surface area contributed by atoms with Gasteiger partial charge in [-0.05, 0) is 49.9 Å². The first kappa shape index (κ1) is 17.9. The molecule has 2 aromatic rings. The van der Waals surface area contributed by atoms with Gasteiger partial charge in [-0.3, -0.25) is 0 Å². The quantitative estimate of drug-likeness (QED) is 0.821. The number of aryl methyl sites for hydroxylation is 2. The maximum atomic E-state index is 13.1. The molecular formula is C16H17ClN2O5S. The lowest BCUT2D eigenvalue weighted by Gasteiger charge is -2.22. The highest BCUT2D eigenvalue weighted by Gasteiger charge is 2.39. The largest absolute Gasteiger partial charge is 0.476 e. The van der Waals surface area contributed by atoms with Crippen molar-refractivity contribution >= 4 is 27.6 Å². The van der Waals surface area contributed by atoms with Gasteiger partial charge in [0.25, 0.3) is 0 Å². The maximum absolute atomic E-state index is 13.1. The molecule has 0 bridgehead atoms. The van der Waals surface area contributed by atoms with E-state index in [1.807, 2.05) is 0 Å². The monoisotopic (exact) mass is 384 g/mol. The number of rotatable bonds is 6. The number of carboxylic acid groups (broad SMARTS) is 1. The Morgan fingerprint density at radius 1 is 1.36 bits per heavy atom. The summed E-state index contributed by atoms with van der Waals surface area (Å²) in [7, 11) is -3.79. The number of aromatic carboxylic acids is 1. The molecule has 3 rings (SSSR count). The first-order chi connectivity index (χ1) is 11.7. The number of aromatic nitrogens is 1. The molecule has 1 heterocycles. The summed E-state index contributed by atoms with van der Waals surface area (Å²) in [5, 5.41) is 9.43. The van der Waals surface area contributed by atoms with Crippen LogP contribution in [0.4, 0.5) is 0 Å². The van der Waals surface area contributed by atoms with Gasteiger partial charge in [0, 0.05) is 11.1 Å². The minimum Gasteiger partial charge on any atom is -0.476 e. The zero-order chi connectivity index (χ0) is 18.4. The van der Waals surface area contributed by atoms with Gasteiger partial charge in [0.2, 0.25) is 15.9 Å². The van der Waals surface area contributed by atoms with Crippen molar-refractivity contribution in [1.29, 1.82) is 0 Å². The Bertz CT molecular complexity index is 934. The van der Waals surface area contributed by atoms with Crippen molar-refractivity contribution in [2.75, 3.05) is 0 Å². The molecule has 0 unspecified atom stereocenters. The van der Waals surface area contributed by atoms with Crippen LogP contribution in [0, 0.1) is 13.8 Å². The molecule has 1 aromatic carbocycles. The van der Waals surface area contributed by atoms with Crippen LogP contribution in [-0.2, 0) is 16.6 Å². The summed E-state index contributed by atoms with van der Waals surface area (Å²) in [4.78, 5) is 14.9. The Morgan fingerprint density at radius 3 is 2.60 bits per heavy atom. The zero-order valence-corrected chi connectivity index (χ0v) is 15.3. The molecule has 134 valence electrons. The minimum atomic E-state index is -3.79. The number of hydrogen-bond donors (Lipinski definition) is 1. The summed E-state index contributed by atoms with van der Waals surface area (Å²) in [6.07, 6.45) is 2.50. The van der Waals surface area contributed by atoms with E-state index in [0.717, 1.165) is 19.1 Å². The van der Waals surface area contributed by atoms with Gasteiger partial charge in [0.1, 0.15) is 6.26 Å². The van der Waals surface area contributed by atoms with E-state index in [-0.39, 0.29) is 29.1 Å². The standard InChI is InChI=1S/C16H17ClN2O5S/c1-9-6-14(10(2)5-12(9)17)25(22,23)19(11-3-4-11)7-15-18-13(8-24-15)16(20)21/h5-6,8,11H,3-4,7H2,1-2H3,(H,20,21). The molecule has 0 aliphatic heterocycles. The minimum absolute atomic E-state index is 0.0520. The highest BCUT2D eigenvalue weighted by Crippen LogP contribution is 2.35. The van der Waals surface area contributed by atoms with Crippen LogP contribution in [0.3, 0.4) is 0 Å². The molecule has 0 atom stereocenters. The number of oxazole rings is 1. The van der Waals surface area contributed by atoms with Gasteiger partial charge in [-0.25, -0.2) is 18.2 Å². The Hall–Kier alpha value is -1.90. The average molecular weight is 385 g/mol. The molecule has 1 fully saturated rings. The van der Waals surface area contributed by atoms with Crippen molar-refractivity contribution in [2.24, 2.45) is 0 Å². The number of hydrogen-bond acceptors (Lipinski definition) is 5. The number of sulfonamides is 1. The summed E-state index contributed by atoms with van der Waals surface area (Å²) < 4.78 is 32.7. The van der Waals surface area contributed by atoms with Gasteiger partial charge in [-0.15, -0.1) is 0 Å². The van der Waals surface area contributed by atoms with Crippen LogP contribution < -0.4 is 0 Å². The second kappa shape index (κ2) is 6.44. The number of halogens is 1. The summed E-state index contributed by atoms with van der Waals surface area (Å²) in [6, 6.07) is 3.05. The maximum Gasteiger partial charge on any atom is 0.357 e. The summed E-state index contributed by atoms with van der Waals surface area (Å²) in [5.74, 6) is -1.17. The Kier molecular flexibility index (Phi) is 4.61. The number of carbonyl (C=O) groups is 1. The van der Waals surface area contributed by atoms with E-state index in [2.05, 4.69) is 4.98 Å². The molecule has 0 radical (unpaired) electrons. The Morgan fingerprint density at radius 2 is 2.04 bits per heavy atom. The predicted molar refractivity (Wildman–Crippen MR) is 90.1 cm³/mol. The van der Waals surface area contributed by atoms with Gasteiger partial charge in [0.05, 0.1) is 11.4 Å². The van der Waals surface area contributed by atoms with Crippen LogP contribution in [0.15, 0.2) is 27.7 Å². The molecule has 9 heteroatoms. The van der Waals surface area contributed by atoms with Crippen LogP contribution in [-0.4, -0.2) is 34.8 Å². The number of benzene rings is 1. The molecule has 0 spiro atoms. The van der Waals surface area contributed by atoms with E-state index in [1.54, 1.807) is 26.0 Å². The normalized spacial score (nSPS) is 14.9. The molecule has 1 saturated carbocycles. The molecule has 1 aliphatic rings. The molecule has 25 heavy (non-hydrogen) atoms. The first-order valence-electron chi connectivity index (χ1n) is 7.66. The Labute approximate surface area is 150 Å². The molecule has 1 aromatic heterocycles. The van der Waals surface area contributed by atoms with Crippen molar-refractivity contribution in [2.45, 2.75) is 44.2 Å². The Balaban J connectivity index is 1.97. The van der Waals surface area contributed by atoms with Gasteiger partial charge >= 0.3 is 5.97 Å². The van der Waals surface area contributed by atoms with Crippen molar-refractivity contribution in [3.05, 3.63) is 46.1 Å². The van der Waals surface area contributed by atoms with Gasteiger partial charge in [-0.2, -0.15) is 4.31 Å². The summed E-state index contributed by atoms with van der Waals surface area (Å²) in [6.45, 7) is 3.33. The van der Waals surface area contributed by atoms with E-state index in [9.17, 15) is 13.2 Å². The number of nitrogens with zero attached hydrogens (tertiary/aromatic N) is 2. The van der Waals surface area contributed by atoms with Crippen LogP contribution in [0.5, 0.6) is 0 Å². The van der Waals surface area contributed by atoms with E-state index < -0.39 is 16.0 Å².